The zero-order valence-corrected chi connectivity index (χ0v) is 37.4. The van der Waals surface area contributed by atoms with Crippen molar-refractivity contribution >= 4 is 11.9 Å². The third kappa shape index (κ3) is 48.4. The Kier molecular flexibility index (Phi) is 47.1. The number of rotatable bonds is 45. The molecular formula is C52H96O3. The molecule has 0 aliphatic rings. The summed E-state index contributed by atoms with van der Waals surface area (Å²) in [6.45, 7) is 4.53. The van der Waals surface area contributed by atoms with Gasteiger partial charge in [0.2, 0.25) is 0 Å². The van der Waals surface area contributed by atoms with Gasteiger partial charge < -0.3 is 4.74 Å². The Bertz CT molecular complexity index is 855. The number of ether oxygens (including phenoxy) is 1. The highest BCUT2D eigenvalue weighted by Gasteiger charge is 2.10. The van der Waals surface area contributed by atoms with Gasteiger partial charge in [0, 0.05) is 12.8 Å². The Hall–Kier alpha value is -1.64. The van der Waals surface area contributed by atoms with Crippen LogP contribution in [-0.4, -0.2) is 11.9 Å². The van der Waals surface area contributed by atoms with E-state index < -0.39 is 0 Å². The summed E-state index contributed by atoms with van der Waals surface area (Å²) in [6.07, 6.45) is 66.9. The number of hydrogen-bond donors (Lipinski definition) is 0. The summed E-state index contributed by atoms with van der Waals surface area (Å²) in [5.74, 6) is -0.670. The first-order valence-corrected chi connectivity index (χ1v) is 24.9. The fraction of sp³-hybridized carbons (Fsp3) is 0.846. The highest BCUT2D eigenvalue weighted by molar-refractivity contribution is 5.85. The van der Waals surface area contributed by atoms with Crippen LogP contribution in [0.15, 0.2) is 36.5 Å². The van der Waals surface area contributed by atoms with Crippen LogP contribution in [0.3, 0.4) is 0 Å². The normalized spacial score (nSPS) is 11.9. The molecule has 0 saturated carbocycles. The van der Waals surface area contributed by atoms with E-state index in [0.29, 0.717) is 12.8 Å². The van der Waals surface area contributed by atoms with Crippen molar-refractivity contribution in [1.82, 2.24) is 0 Å². The molecule has 0 radical (unpaired) electrons. The third-order valence-corrected chi connectivity index (χ3v) is 11.2. The van der Waals surface area contributed by atoms with Gasteiger partial charge in [0.05, 0.1) is 0 Å². The minimum absolute atomic E-state index is 0.332. The summed E-state index contributed by atoms with van der Waals surface area (Å²) in [5, 5.41) is 0. The summed E-state index contributed by atoms with van der Waals surface area (Å²) in [7, 11) is 0. The molecule has 0 bridgehead atoms. The lowest BCUT2D eigenvalue weighted by Crippen LogP contribution is -2.11. The minimum atomic E-state index is -0.338. The molecule has 0 aliphatic heterocycles. The third-order valence-electron chi connectivity index (χ3n) is 11.2. The Morgan fingerprint density at radius 3 is 0.818 bits per heavy atom. The van der Waals surface area contributed by atoms with E-state index in [1.165, 1.54) is 212 Å². The predicted molar refractivity (Wildman–Crippen MR) is 244 cm³/mol. The summed E-state index contributed by atoms with van der Waals surface area (Å²) in [4.78, 5) is 24.0. The number of carbonyl (C=O) groups excluding carboxylic acids is 2. The van der Waals surface area contributed by atoms with Gasteiger partial charge in [-0.05, 0) is 70.6 Å². The first kappa shape index (κ1) is 53.4. The second kappa shape index (κ2) is 48.5. The molecule has 0 aromatic rings. The topological polar surface area (TPSA) is 43.4 Å². The zero-order chi connectivity index (χ0) is 39.8. The molecule has 0 aromatic heterocycles. The van der Waals surface area contributed by atoms with E-state index in [-0.39, 0.29) is 11.9 Å². The smallest absolute Gasteiger partial charge is 0.313 e. The molecule has 0 aliphatic carbocycles. The van der Waals surface area contributed by atoms with Gasteiger partial charge in [0.15, 0.2) is 0 Å². The molecule has 0 atom stereocenters. The molecule has 322 valence electrons. The Morgan fingerprint density at radius 1 is 0.291 bits per heavy atom. The maximum Gasteiger partial charge on any atom is 0.313 e. The SMILES string of the molecule is CCCCCC=CCC=CCCCCCCCC(=O)OC(=O)CCCCCCCCCCCCCCCCCCCCCCCCCC=CCCCCCC. The lowest BCUT2D eigenvalue weighted by atomic mass is 10.0. The molecular weight excluding hydrogens is 673 g/mol. The number of unbranched alkanes of at least 4 members (excludes halogenated alkanes) is 35. The molecule has 0 unspecified atom stereocenters. The average Bonchev–Trinajstić information content (AvgIpc) is 3.18. The highest BCUT2D eigenvalue weighted by atomic mass is 16.6. The molecule has 0 fully saturated rings. The van der Waals surface area contributed by atoms with E-state index in [1.54, 1.807) is 0 Å². The van der Waals surface area contributed by atoms with Crippen molar-refractivity contribution in [3.63, 3.8) is 0 Å². The van der Waals surface area contributed by atoms with Crippen molar-refractivity contribution < 1.29 is 14.3 Å². The van der Waals surface area contributed by atoms with Crippen molar-refractivity contribution in [3.05, 3.63) is 36.5 Å². The molecule has 0 heterocycles. The summed E-state index contributed by atoms with van der Waals surface area (Å²) < 4.78 is 5.04. The fourth-order valence-electron chi connectivity index (χ4n) is 7.48. The lowest BCUT2D eigenvalue weighted by Gasteiger charge is -2.05. The van der Waals surface area contributed by atoms with Gasteiger partial charge in [-0.25, -0.2) is 0 Å². The van der Waals surface area contributed by atoms with Crippen LogP contribution in [0.2, 0.25) is 0 Å². The molecule has 0 N–H and O–H groups in total. The number of hydrogen-bond acceptors (Lipinski definition) is 3. The standard InChI is InChI=1S/C52H96O3/c1-3-5-7-9-11-13-15-17-19-20-21-22-23-24-25-26-27-28-29-30-31-32-33-34-36-38-40-42-44-46-48-50-52(54)55-51(53)49-47-45-43-41-39-37-35-18-16-14-12-10-8-6-4-2/h12-15,18,35H,3-11,16-17,19-34,36-50H2,1-2H3. The van der Waals surface area contributed by atoms with Crippen LogP contribution in [0.25, 0.3) is 0 Å². The van der Waals surface area contributed by atoms with Gasteiger partial charge >= 0.3 is 11.9 Å². The second-order valence-electron chi connectivity index (χ2n) is 16.8. The van der Waals surface area contributed by atoms with Crippen molar-refractivity contribution in [2.75, 3.05) is 0 Å². The number of esters is 2. The number of allylic oxidation sites excluding steroid dienone is 6. The van der Waals surface area contributed by atoms with Crippen LogP contribution < -0.4 is 0 Å². The second-order valence-corrected chi connectivity index (χ2v) is 16.8. The largest absolute Gasteiger partial charge is 0.393 e. The van der Waals surface area contributed by atoms with Crippen LogP contribution in [-0.2, 0) is 14.3 Å². The van der Waals surface area contributed by atoms with Gasteiger partial charge in [-0.2, -0.15) is 0 Å². The maximum atomic E-state index is 12.0. The monoisotopic (exact) mass is 769 g/mol. The summed E-state index contributed by atoms with van der Waals surface area (Å²) in [6, 6.07) is 0. The summed E-state index contributed by atoms with van der Waals surface area (Å²) >= 11 is 0. The van der Waals surface area contributed by atoms with E-state index in [9.17, 15) is 9.59 Å². The molecule has 0 saturated heterocycles. The average molecular weight is 769 g/mol. The fourth-order valence-corrected chi connectivity index (χ4v) is 7.48. The summed E-state index contributed by atoms with van der Waals surface area (Å²) in [5.41, 5.74) is 0. The van der Waals surface area contributed by atoms with Crippen LogP contribution in [0.5, 0.6) is 0 Å². The molecule has 3 nitrogen and oxygen atoms in total. The van der Waals surface area contributed by atoms with Gasteiger partial charge in [0.1, 0.15) is 0 Å². The Balaban J connectivity index is 3.27. The first-order valence-electron chi connectivity index (χ1n) is 24.9. The molecule has 0 rings (SSSR count). The molecule has 0 amide bonds. The van der Waals surface area contributed by atoms with Crippen molar-refractivity contribution in [2.45, 2.75) is 284 Å². The Labute approximate surface area is 345 Å². The lowest BCUT2D eigenvalue weighted by molar-refractivity contribution is -0.159. The van der Waals surface area contributed by atoms with E-state index in [2.05, 4.69) is 50.3 Å². The molecule has 3 heteroatoms. The van der Waals surface area contributed by atoms with E-state index in [4.69, 9.17) is 4.74 Å². The van der Waals surface area contributed by atoms with E-state index in [0.717, 1.165) is 44.9 Å². The van der Waals surface area contributed by atoms with Gasteiger partial charge in [-0.15, -0.1) is 0 Å². The van der Waals surface area contributed by atoms with E-state index in [1.807, 2.05) is 0 Å². The zero-order valence-electron chi connectivity index (χ0n) is 37.4. The number of carbonyl (C=O) groups is 2. The molecule has 0 spiro atoms. The van der Waals surface area contributed by atoms with Crippen molar-refractivity contribution in [3.8, 4) is 0 Å². The highest BCUT2D eigenvalue weighted by Crippen LogP contribution is 2.17. The van der Waals surface area contributed by atoms with Crippen LogP contribution in [0, 0.1) is 0 Å². The molecule has 55 heavy (non-hydrogen) atoms. The first-order chi connectivity index (χ1) is 27.2. The predicted octanol–water partition coefficient (Wildman–Crippen LogP) is 18.1. The van der Waals surface area contributed by atoms with Crippen molar-refractivity contribution in [1.29, 1.82) is 0 Å². The van der Waals surface area contributed by atoms with Gasteiger partial charge in [-0.3, -0.25) is 9.59 Å². The minimum Gasteiger partial charge on any atom is -0.393 e. The quantitative estimate of drug-likeness (QED) is 0.0268. The Morgan fingerprint density at radius 2 is 0.509 bits per heavy atom. The van der Waals surface area contributed by atoms with Crippen LogP contribution in [0.4, 0.5) is 0 Å². The molecule has 0 aromatic carbocycles. The van der Waals surface area contributed by atoms with Crippen molar-refractivity contribution in [2.24, 2.45) is 0 Å². The maximum absolute atomic E-state index is 12.0. The van der Waals surface area contributed by atoms with Crippen LogP contribution in [0.1, 0.15) is 284 Å². The van der Waals surface area contributed by atoms with Gasteiger partial charge in [0.25, 0.3) is 0 Å². The van der Waals surface area contributed by atoms with Gasteiger partial charge in [-0.1, -0.05) is 237 Å². The van der Waals surface area contributed by atoms with Crippen LogP contribution >= 0.6 is 0 Å². The van der Waals surface area contributed by atoms with E-state index >= 15 is 0 Å².